The molecule has 3 atom stereocenters. The van der Waals surface area contributed by atoms with Crippen molar-refractivity contribution in [2.45, 2.75) is 44.8 Å². The molecule has 3 unspecified atom stereocenters. The Morgan fingerprint density at radius 3 is 2.43 bits per heavy atom. The van der Waals surface area contributed by atoms with Crippen LogP contribution in [0.2, 0.25) is 0 Å². The van der Waals surface area contributed by atoms with Gasteiger partial charge in [-0.2, -0.15) is 0 Å². The number of methoxy groups -OCH3 is 1. The summed E-state index contributed by atoms with van der Waals surface area (Å²) in [5, 5.41) is 17.7. The average molecular weight is 323 g/mol. The van der Waals surface area contributed by atoms with Crippen molar-refractivity contribution in [1.82, 2.24) is 4.90 Å². The van der Waals surface area contributed by atoms with Gasteiger partial charge in [-0.3, -0.25) is 4.79 Å². The predicted molar refractivity (Wildman–Crippen MR) is 90.7 cm³/mol. The van der Waals surface area contributed by atoms with Gasteiger partial charge in [0.2, 0.25) is 0 Å². The number of aliphatic hydroxyl groups is 1. The topological polar surface area (TPSA) is 70.0 Å². The maximum Gasteiger partial charge on any atom is 0.300 e. The first-order chi connectivity index (χ1) is 10.9. The van der Waals surface area contributed by atoms with Crippen molar-refractivity contribution in [3.8, 4) is 5.75 Å². The van der Waals surface area contributed by atoms with Crippen LogP contribution in [0.5, 0.6) is 5.75 Å². The van der Waals surface area contributed by atoms with Crippen molar-refractivity contribution in [1.29, 1.82) is 0 Å². The highest BCUT2D eigenvalue weighted by Crippen LogP contribution is 2.38. The fraction of sp³-hybridized carbons (Fsp3) is 0.611. The highest BCUT2D eigenvalue weighted by atomic mass is 16.5. The molecule has 5 heteroatoms. The van der Waals surface area contributed by atoms with Crippen molar-refractivity contribution < 1.29 is 19.7 Å². The van der Waals surface area contributed by atoms with Gasteiger partial charge in [0.25, 0.3) is 5.97 Å². The summed E-state index contributed by atoms with van der Waals surface area (Å²) < 4.78 is 5.32. The molecule has 1 fully saturated rings. The summed E-state index contributed by atoms with van der Waals surface area (Å²) in [5.74, 6) is 0.366. The van der Waals surface area contributed by atoms with Crippen molar-refractivity contribution in [3.05, 3.63) is 29.8 Å². The molecule has 0 radical (unpaired) electrons. The Labute approximate surface area is 138 Å². The molecule has 1 saturated carbocycles. The highest BCUT2D eigenvalue weighted by Gasteiger charge is 2.33. The first-order valence-electron chi connectivity index (χ1n) is 8.04. The van der Waals surface area contributed by atoms with Crippen LogP contribution in [-0.2, 0) is 4.79 Å². The minimum Gasteiger partial charge on any atom is -0.497 e. The van der Waals surface area contributed by atoms with Gasteiger partial charge < -0.3 is 19.8 Å². The first-order valence-corrected chi connectivity index (χ1v) is 8.04. The zero-order chi connectivity index (χ0) is 17.4. The molecule has 0 spiro atoms. The summed E-state index contributed by atoms with van der Waals surface area (Å²) in [4.78, 5) is 11.2. The molecule has 0 aromatic heterocycles. The molecule has 23 heavy (non-hydrogen) atoms. The number of rotatable bonds is 4. The summed E-state index contributed by atoms with van der Waals surface area (Å²) >= 11 is 0. The Hall–Kier alpha value is -1.59. The lowest BCUT2D eigenvalue weighted by molar-refractivity contribution is -0.134. The summed E-state index contributed by atoms with van der Waals surface area (Å²) in [6.45, 7) is 1.08. The lowest BCUT2D eigenvalue weighted by Crippen LogP contribution is -2.36. The minimum atomic E-state index is -0.833. The van der Waals surface area contributed by atoms with Crippen LogP contribution >= 0.6 is 0 Å². The van der Waals surface area contributed by atoms with Crippen LogP contribution in [0.15, 0.2) is 24.3 Å². The zero-order valence-electron chi connectivity index (χ0n) is 14.5. The fourth-order valence-corrected chi connectivity index (χ4v) is 3.26. The third kappa shape index (κ3) is 6.20. The quantitative estimate of drug-likeness (QED) is 0.891. The van der Waals surface area contributed by atoms with Gasteiger partial charge in [0.1, 0.15) is 5.75 Å². The van der Waals surface area contributed by atoms with Crippen LogP contribution in [-0.4, -0.2) is 48.4 Å². The van der Waals surface area contributed by atoms with E-state index in [1.807, 2.05) is 12.1 Å². The summed E-state index contributed by atoms with van der Waals surface area (Å²) in [6.07, 6.45) is 4.21. The first kappa shape index (κ1) is 19.5. The number of aliphatic carboxylic acids is 1. The largest absolute Gasteiger partial charge is 0.497 e. The number of carbonyl (C=O) groups is 1. The number of ether oxygens (including phenoxy) is 1. The number of nitrogens with zero attached hydrogens (tertiary/aromatic N) is 1. The summed E-state index contributed by atoms with van der Waals surface area (Å²) in [7, 11) is 5.87. The number of benzene rings is 1. The molecule has 0 aliphatic heterocycles. The maximum atomic E-state index is 10.3. The van der Waals surface area contributed by atoms with E-state index in [1.165, 1.54) is 12.0 Å². The van der Waals surface area contributed by atoms with E-state index in [2.05, 4.69) is 31.1 Å². The van der Waals surface area contributed by atoms with Crippen molar-refractivity contribution in [2.75, 3.05) is 21.2 Å². The number of hydrogen-bond donors (Lipinski definition) is 2. The van der Waals surface area contributed by atoms with Gasteiger partial charge in [0, 0.05) is 18.9 Å². The van der Waals surface area contributed by atoms with Gasteiger partial charge in [0.05, 0.1) is 13.2 Å². The monoisotopic (exact) mass is 323 g/mol. The molecule has 1 aromatic carbocycles. The van der Waals surface area contributed by atoms with Crippen LogP contribution in [0.4, 0.5) is 0 Å². The highest BCUT2D eigenvalue weighted by molar-refractivity contribution is 5.62. The lowest BCUT2D eigenvalue weighted by Gasteiger charge is -2.38. The molecule has 0 bridgehead atoms. The molecule has 0 amide bonds. The second-order valence-corrected chi connectivity index (χ2v) is 6.22. The Bertz CT molecular complexity index is 486. The summed E-state index contributed by atoms with van der Waals surface area (Å²) in [6, 6.07) is 8.47. The van der Waals surface area contributed by atoms with Crippen LogP contribution < -0.4 is 4.74 Å². The van der Waals surface area contributed by atoms with Crippen LogP contribution in [0.1, 0.15) is 44.2 Å². The van der Waals surface area contributed by atoms with E-state index < -0.39 is 5.97 Å². The van der Waals surface area contributed by atoms with Crippen LogP contribution in [0, 0.1) is 5.92 Å². The minimum absolute atomic E-state index is 0.188. The van der Waals surface area contributed by atoms with E-state index in [9.17, 15) is 5.11 Å². The van der Waals surface area contributed by atoms with E-state index >= 15 is 0 Å². The normalized spacial score (nSPS) is 22.0. The summed E-state index contributed by atoms with van der Waals surface area (Å²) in [5.41, 5.74) is 1.23. The molecule has 2 N–H and O–H groups in total. The van der Waals surface area contributed by atoms with Crippen molar-refractivity contribution >= 4 is 5.97 Å². The number of aliphatic hydroxyl groups excluding tert-OH is 1. The van der Waals surface area contributed by atoms with Gasteiger partial charge in [-0.25, -0.2) is 0 Å². The second-order valence-electron chi connectivity index (χ2n) is 6.22. The SMILES string of the molecule is CC(=O)O.COc1cccc(C(C2CCCCC2O)N(C)C)c1. The lowest BCUT2D eigenvalue weighted by atomic mass is 9.78. The van der Waals surface area contributed by atoms with Gasteiger partial charge in [0.15, 0.2) is 0 Å². The van der Waals surface area contributed by atoms with E-state index in [4.69, 9.17) is 14.6 Å². The van der Waals surface area contributed by atoms with E-state index in [-0.39, 0.29) is 12.1 Å². The van der Waals surface area contributed by atoms with E-state index in [0.29, 0.717) is 5.92 Å². The Balaban J connectivity index is 0.000000593. The molecule has 1 aromatic rings. The van der Waals surface area contributed by atoms with E-state index in [1.54, 1.807) is 7.11 Å². The van der Waals surface area contributed by atoms with Gasteiger partial charge in [-0.15, -0.1) is 0 Å². The Kier molecular flexibility index (Phi) is 8.06. The Morgan fingerprint density at radius 2 is 1.91 bits per heavy atom. The molecule has 0 saturated heterocycles. The molecule has 2 rings (SSSR count). The number of carboxylic acids is 1. The number of hydrogen-bond acceptors (Lipinski definition) is 4. The fourth-order valence-electron chi connectivity index (χ4n) is 3.26. The van der Waals surface area contributed by atoms with Gasteiger partial charge in [-0.05, 0) is 44.6 Å². The van der Waals surface area contributed by atoms with Crippen molar-refractivity contribution in [2.24, 2.45) is 5.92 Å². The third-order valence-electron chi connectivity index (χ3n) is 4.18. The molecule has 0 heterocycles. The molecule has 130 valence electrons. The predicted octanol–water partition coefficient (Wildman–Crippen LogP) is 2.94. The molecule has 1 aliphatic rings. The average Bonchev–Trinajstić information content (AvgIpc) is 2.49. The van der Waals surface area contributed by atoms with Gasteiger partial charge >= 0.3 is 0 Å². The van der Waals surface area contributed by atoms with Crippen molar-refractivity contribution in [3.63, 3.8) is 0 Å². The molecular formula is C18H29NO4. The second kappa shape index (κ2) is 9.53. The third-order valence-corrected chi connectivity index (χ3v) is 4.18. The van der Waals surface area contributed by atoms with Crippen LogP contribution in [0.3, 0.4) is 0 Å². The maximum absolute atomic E-state index is 10.3. The molecular weight excluding hydrogens is 294 g/mol. The van der Waals surface area contributed by atoms with Gasteiger partial charge in [-0.1, -0.05) is 25.0 Å². The Morgan fingerprint density at radius 1 is 1.30 bits per heavy atom. The number of carboxylic acid groups (broad SMARTS) is 1. The molecule has 5 nitrogen and oxygen atoms in total. The smallest absolute Gasteiger partial charge is 0.300 e. The van der Waals surface area contributed by atoms with Crippen LogP contribution in [0.25, 0.3) is 0 Å². The van der Waals surface area contributed by atoms with E-state index in [0.717, 1.165) is 31.9 Å². The zero-order valence-corrected chi connectivity index (χ0v) is 14.5. The molecule has 1 aliphatic carbocycles. The standard InChI is InChI=1S/C16H25NO2.C2H4O2/c1-17(2)16(14-9-4-5-10-15(14)18)12-7-6-8-13(11-12)19-3;1-2(3)4/h6-8,11,14-16,18H,4-5,9-10H2,1-3H3;1H3,(H,3,4).